The molecule has 1 unspecified atom stereocenters. The molecule has 1 aliphatic rings. The first-order chi connectivity index (χ1) is 7.70. The third-order valence-corrected chi connectivity index (χ3v) is 3.03. The van der Waals surface area contributed by atoms with Crippen LogP contribution in [0.5, 0.6) is 0 Å². The molecule has 3 nitrogen and oxygen atoms in total. The minimum Gasteiger partial charge on any atom is -0.296 e. The Hall–Kier alpha value is -1.64. The monoisotopic (exact) mass is 219 g/mol. The van der Waals surface area contributed by atoms with E-state index >= 15 is 0 Å². The van der Waals surface area contributed by atoms with Gasteiger partial charge in [-0.2, -0.15) is 0 Å². The molecule has 1 aromatic rings. The van der Waals surface area contributed by atoms with Crippen LogP contribution < -0.4 is 5.32 Å². The zero-order chi connectivity index (χ0) is 11.5. The smallest absolute Gasteiger partial charge is 0.234 e. The first-order valence-electron chi connectivity index (χ1n) is 5.63. The van der Waals surface area contributed by atoms with Crippen molar-refractivity contribution in [3.63, 3.8) is 0 Å². The van der Waals surface area contributed by atoms with Gasteiger partial charge >= 0.3 is 0 Å². The molecule has 1 N–H and O–H groups in total. The highest BCUT2D eigenvalue weighted by Crippen LogP contribution is 2.24. The lowest BCUT2D eigenvalue weighted by Crippen LogP contribution is -2.39. The maximum atomic E-state index is 11.6. The molecule has 1 aliphatic heterocycles. The number of nitrogens with one attached hydrogen (secondary N) is 1. The fraction of sp³-hybridized carbons (Fsp3) is 0.385. The first kappa shape index (κ1) is 10.9. The Morgan fingerprint density at radius 1 is 1.31 bits per heavy atom. The van der Waals surface area contributed by atoms with Crippen molar-refractivity contribution in [3.05, 3.63) is 35.4 Å². The molecule has 0 aromatic heterocycles. The zero-order valence-corrected chi connectivity index (χ0v) is 9.32. The minimum absolute atomic E-state index is 0. The van der Waals surface area contributed by atoms with E-state index in [1.807, 2.05) is 24.3 Å². The molecule has 0 bridgehead atoms. The highest BCUT2D eigenvalue weighted by Gasteiger charge is 2.27. The van der Waals surface area contributed by atoms with Crippen LogP contribution in [0.2, 0.25) is 0 Å². The molecule has 86 valence electrons. The number of hydrogen-bond acceptors (Lipinski definition) is 2. The second-order valence-electron chi connectivity index (χ2n) is 4.10. The Bertz CT molecular complexity index is 414. The van der Waals surface area contributed by atoms with E-state index in [1.54, 1.807) is 0 Å². The maximum Gasteiger partial charge on any atom is 0.234 e. The van der Waals surface area contributed by atoms with Crippen molar-refractivity contribution in [2.45, 2.75) is 32.1 Å². The molecular weight excluding hydrogens is 202 g/mol. The predicted molar refractivity (Wildman–Crippen MR) is 63.1 cm³/mol. The summed E-state index contributed by atoms with van der Waals surface area (Å²) in [5, 5.41) is 2.38. The topological polar surface area (TPSA) is 46.2 Å². The number of hydrogen-bond donors (Lipinski definition) is 1. The molecule has 1 aromatic carbocycles. The van der Waals surface area contributed by atoms with Crippen LogP contribution in [-0.2, 0) is 16.0 Å². The Labute approximate surface area is 96.3 Å². The van der Waals surface area contributed by atoms with Crippen LogP contribution >= 0.6 is 0 Å². The van der Waals surface area contributed by atoms with Gasteiger partial charge < -0.3 is 0 Å². The molecule has 1 fully saturated rings. The lowest BCUT2D eigenvalue weighted by molar-refractivity contribution is -0.134. The second-order valence-corrected chi connectivity index (χ2v) is 4.10. The van der Waals surface area contributed by atoms with Gasteiger partial charge in [-0.05, 0) is 24.0 Å². The molecule has 2 amide bonds. The summed E-state index contributed by atoms with van der Waals surface area (Å²) in [6, 6.07) is 8.05. The van der Waals surface area contributed by atoms with E-state index in [0.29, 0.717) is 12.8 Å². The number of imide groups is 1. The summed E-state index contributed by atoms with van der Waals surface area (Å²) >= 11 is 0. The second kappa shape index (κ2) is 4.47. The number of aryl methyl sites for hydroxylation is 1. The Balaban J connectivity index is 0.00000144. The van der Waals surface area contributed by atoms with Gasteiger partial charge in [-0.3, -0.25) is 14.9 Å². The van der Waals surface area contributed by atoms with E-state index in [1.165, 1.54) is 5.56 Å². The highest BCUT2D eigenvalue weighted by atomic mass is 16.2. The van der Waals surface area contributed by atoms with Crippen LogP contribution in [-0.4, -0.2) is 11.8 Å². The molecule has 0 spiro atoms. The van der Waals surface area contributed by atoms with E-state index in [0.717, 1.165) is 12.0 Å². The van der Waals surface area contributed by atoms with Gasteiger partial charge in [0.25, 0.3) is 0 Å². The highest BCUT2D eigenvalue weighted by molar-refractivity contribution is 6.00. The summed E-state index contributed by atoms with van der Waals surface area (Å²) in [5.74, 6) is -0.490. The van der Waals surface area contributed by atoms with Gasteiger partial charge in [0.05, 0.1) is 5.92 Å². The van der Waals surface area contributed by atoms with Crippen LogP contribution in [0.15, 0.2) is 24.3 Å². The average Bonchev–Trinajstić information content (AvgIpc) is 2.29. The molecule has 2 rings (SSSR count). The van der Waals surface area contributed by atoms with Gasteiger partial charge in [0.1, 0.15) is 0 Å². The molecule has 0 aliphatic carbocycles. The van der Waals surface area contributed by atoms with Crippen LogP contribution in [0, 0.1) is 0 Å². The van der Waals surface area contributed by atoms with E-state index in [-0.39, 0.29) is 19.2 Å². The Morgan fingerprint density at radius 3 is 2.56 bits per heavy atom. The summed E-state index contributed by atoms with van der Waals surface area (Å²) in [5.41, 5.74) is 2.26. The number of rotatable bonds is 2. The van der Waals surface area contributed by atoms with Crippen molar-refractivity contribution < 1.29 is 11.0 Å². The summed E-state index contributed by atoms with van der Waals surface area (Å²) in [6.07, 6.45) is 2.05. The lowest BCUT2D eigenvalue weighted by atomic mass is 9.90. The van der Waals surface area contributed by atoms with Crippen LogP contribution in [0.3, 0.4) is 0 Å². The molecule has 1 atom stereocenters. The van der Waals surface area contributed by atoms with Gasteiger partial charge in [0, 0.05) is 7.85 Å². The van der Waals surface area contributed by atoms with Gasteiger partial charge in [-0.1, -0.05) is 31.2 Å². The Morgan fingerprint density at radius 2 is 2.00 bits per heavy atom. The van der Waals surface area contributed by atoms with E-state index in [4.69, 9.17) is 0 Å². The van der Waals surface area contributed by atoms with Gasteiger partial charge in [0.2, 0.25) is 11.8 Å². The van der Waals surface area contributed by atoms with Crippen LogP contribution in [0.4, 0.5) is 0 Å². The standard InChI is InChI=1S/C13H15NO2.H2/c1-2-9-3-5-10(6-4-9)11-7-8-12(15)14-13(11)16;/h3-6,11H,2,7-8H2,1H3,(H,14,15,16);1H. The third kappa shape index (κ3) is 2.13. The van der Waals surface area contributed by atoms with Crippen molar-refractivity contribution in [1.29, 1.82) is 0 Å². The quantitative estimate of drug-likeness (QED) is 0.773. The summed E-state index contributed by atoms with van der Waals surface area (Å²) < 4.78 is 0. The van der Waals surface area contributed by atoms with Crippen molar-refractivity contribution in [2.75, 3.05) is 0 Å². The molecular formula is C13H17NO2. The van der Waals surface area contributed by atoms with Gasteiger partial charge in [0.15, 0.2) is 0 Å². The fourth-order valence-electron chi connectivity index (χ4n) is 2.00. The maximum absolute atomic E-state index is 11.6. The molecule has 1 heterocycles. The minimum atomic E-state index is -0.166. The number of piperidine rings is 1. The summed E-state index contributed by atoms with van der Waals surface area (Å²) in [6.45, 7) is 2.10. The normalized spacial score (nSPS) is 20.7. The SMILES string of the molecule is CCc1ccc(C2CCC(=O)NC2=O)cc1.[HH]. The number of carbonyl (C=O) groups is 2. The first-order valence-corrected chi connectivity index (χ1v) is 5.63. The average molecular weight is 219 g/mol. The number of carbonyl (C=O) groups excluding carboxylic acids is 2. The third-order valence-electron chi connectivity index (χ3n) is 3.03. The summed E-state index contributed by atoms with van der Waals surface area (Å²) in [4.78, 5) is 22.6. The largest absolute Gasteiger partial charge is 0.296 e. The molecule has 0 saturated carbocycles. The van der Waals surface area contributed by atoms with E-state index in [9.17, 15) is 9.59 Å². The molecule has 1 saturated heterocycles. The van der Waals surface area contributed by atoms with Crippen molar-refractivity contribution in [1.82, 2.24) is 5.32 Å². The van der Waals surface area contributed by atoms with Crippen LogP contribution in [0.1, 0.15) is 38.2 Å². The van der Waals surface area contributed by atoms with Gasteiger partial charge in [-0.25, -0.2) is 0 Å². The fourth-order valence-corrected chi connectivity index (χ4v) is 2.00. The molecule has 16 heavy (non-hydrogen) atoms. The van der Waals surface area contributed by atoms with Gasteiger partial charge in [-0.15, -0.1) is 0 Å². The summed E-state index contributed by atoms with van der Waals surface area (Å²) in [7, 11) is 0. The number of benzene rings is 1. The lowest BCUT2D eigenvalue weighted by Gasteiger charge is -2.21. The molecule has 0 radical (unpaired) electrons. The van der Waals surface area contributed by atoms with E-state index < -0.39 is 0 Å². The van der Waals surface area contributed by atoms with Crippen molar-refractivity contribution in [3.8, 4) is 0 Å². The Kier molecular flexibility index (Phi) is 3.04. The van der Waals surface area contributed by atoms with Crippen LogP contribution in [0.25, 0.3) is 0 Å². The van der Waals surface area contributed by atoms with Crippen molar-refractivity contribution >= 4 is 11.8 Å². The predicted octanol–water partition coefficient (Wildman–Crippen LogP) is 2.02. The number of amides is 2. The van der Waals surface area contributed by atoms with Crippen molar-refractivity contribution in [2.24, 2.45) is 0 Å². The zero-order valence-electron chi connectivity index (χ0n) is 9.32. The van der Waals surface area contributed by atoms with E-state index in [2.05, 4.69) is 12.2 Å². The molecule has 3 heteroatoms.